The lowest BCUT2D eigenvalue weighted by Gasteiger charge is -2.16. The Morgan fingerprint density at radius 2 is 1.81 bits per heavy atom. The minimum absolute atomic E-state index is 0.0241. The first-order chi connectivity index (χ1) is 12.3. The lowest BCUT2D eigenvalue weighted by Crippen LogP contribution is -2.26. The van der Waals surface area contributed by atoms with Crippen LogP contribution in [0.15, 0.2) is 47.4 Å². The molecule has 0 saturated heterocycles. The number of nitrogens with one attached hydrogen (secondary N) is 1. The molecule has 1 unspecified atom stereocenters. The van der Waals surface area contributed by atoms with Crippen molar-refractivity contribution in [1.82, 2.24) is 5.32 Å². The number of ether oxygens (including phenoxy) is 2. The molecule has 0 aliphatic heterocycles. The van der Waals surface area contributed by atoms with Gasteiger partial charge in [0.25, 0.3) is 5.91 Å². The van der Waals surface area contributed by atoms with Gasteiger partial charge in [0, 0.05) is 5.56 Å². The molecule has 0 radical (unpaired) electrons. The van der Waals surface area contributed by atoms with E-state index in [2.05, 4.69) is 5.32 Å². The highest BCUT2D eigenvalue weighted by Gasteiger charge is 2.15. The third-order valence-electron chi connectivity index (χ3n) is 3.78. The first-order valence-electron chi connectivity index (χ1n) is 8.00. The summed E-state index contributed by atoms with van der Waals surface area (Å²) in [6, 6.07) is 10.7. The van der Waals surface area contributed by atoms with Crippen molar-refractivity contribution in [3.8, 4) is 11.5 Å². The maximum Gasteiger partial charge on any atom is 0.251 e. The molecule has 1 amide bonds. The number of rotatable bonds is 7. The van der Waals surface area contributed by atoms with Crippen LogP contribution in [0.1, 0.15) is 35.8 Å². The Bertz CT molecular complexity index is 879. The van der Waals surface area contributed by atoms with Crippen molar-refractivity contribution in [2.75, 3.05) is 13.7 Å². The topological polar surface area (TPSA) is 108 Å². The van der Waals surface area contributed by atoms with E-state index in [1.807, 2.05) is 6.92 Å². The van der Waals surface area contributed by atoms with Crippen LogP contribution in [0.3, 0.4) is 0 Å². The molecule has 0 heterocycles. The Balaban J connectivity index is 2.13. The fourth-order valence-corrected chi connectivity index (χ4v) is 2.91. The summed E-state index contributed by atoms with van der Waals surface area (Å²) in [6.07, 6.45) is 0. The summed E-state index contributed by atoms with van der Waals surface area (Å²) in [4.78, 5) is 12.5. The average Bonchev–Trinajstić information content (AvgIpc) is 2.61. The van der Waals surface area contributed by atoms with E-state index in [1.165, 1.54) is 19.2 Å². The lowest BCUT2D eigenvalue weighted by molar-refractivity contribution is 0.0939. The third-order valence-corrected chi connectivity index (χ3v) is 4.71. The molecule has 26 heavy (non-hydrogen) atoms. The Labute approximate surface area is 153 Å². The van der Waals surface area contributed by atoms with Crippen molar-refractivity contribution in [3.63, 3.8) is 0 Å². The maximum atomic E-state index is 12.5. The molecule has 8 heteroatoms. The Hall–Kier alpha value is -2.58. The summed E-state index contributed by atoms with van der Waals surface area (Å²) in [5.41, 5.74) is 1.18. The second-order valence-electron chi connectivity index (χ2n) is 5.61. The summed E-state index contributed by atoms with van der Waals surface area (Å²) >= 11 is 0. The molecule has 7 nitrogen and oxygen atoms in total. The van der Waals surface area contributed by atoms with Gasteiger partial charge in [-0.25, -0.2) is 13.6 Å². The van der Waals surface area contributed by atoms with Gasteiger partial charge in [-0.1, -0.05) is 12.1 Å². The van der Waals surface area contributed by atoms with Crippen LogP contribution >= 0.6 is 0 Å². The summed E-state index contributed by atoms with van der Waals surface area (Å²) in [7, 11) is -2.23. The molecule has 0 spiro atoms. The Kier molecular flexibility index (Phi) is 6.23. The van der Waals surface area contributed by atoms with Crippen molar-refractivity contribution >= 4 is 15.9 Å². The molecule has 0 saturated carbocycles. The van der Waals surface area contributed by atoms with E-state index in [1.54, 1.807) is 37.3 Å². The van der Waals surface area contributed by atoms with Gasteiger partial charge in [0.2, 0.25) is 10.0 Å². The van der Waals surface area contributed by atoms with Crippen molar-refractivity contribution < 1.29 is 22.7 Å². The van der Waals surface area contributed by atoms with Gasteiger partial charge in [-0.15, -0.1) is 0 Å². The largest absolute Gasteiger partial charge is 0.493 e. The van der Waals surface area contributed by atoms with Crippen LogP contribution < -0.4 is 19.9 Å². The molecular weight excluding hydrogens is 356 g/mol. The quantitative estimate of drug-likeness (QED) is 0.768. The number of amides is 1. The van der Waals surface area contributed by atoms with Crippen LogP contribution in [0.25, 0.3) is 0 Å². The molecule has 2 aromatic carbocycles. The van der Waals surface area contributed by atoms with E-state index in [-0.39, 0.29) is 16.8 Å². The first-order valence-corrected chi connectivity index (χ1v) is 9.55. The molecule has 0 bridgehead atoms. The highest BCUT2D eigenvalue weighted by Crippen LogP contribution is 2.28. The normalized spacial score (nSPS) is 12.3. The Morgan fingerprint density at radius 1 is 1.15 bits per heavy atom. The van der Waals surface area contributed by atoms with E-state index in [4.69, 9.17) is 14.6 Å². The molecule has 140 valence electrons. The van der Waals surface area contributed by atoms with Gasteiger partial charge in [0.15, 0.2) is 11.5 Å². The van der Waals surface area contributed by atoms with Gasteiger partial charge in [-0.3, -0.25) is 4.79 Å². The predicted octanol–water partition coefficient (Wildman–Crippen LogP) is 2.23. The molecule has 0 aliphatic rings. The zero-order valence-electron chi connectivity index (χ0n) is 14.9. The van der Waals surface area contributed by atoms with E-state index in [0.717, 1.165) is 5.56 Å². The molecule has 1 atom stereocenters. The van der Waals surface area contributed by atoms with E-state index in [0.29, 0.717) is 23.7 Å². The van der Waals surface area contributed by atoms with E-state index >= 15 is 0 Å². The van der Waals surface area contributed by atoms with Crippen LogP contribution in [0.5, 0.6) is 11.5 Å². The number of primary sulfonamides is 1. The first kappa shape index (κ1) is 19.7. The number of hydrogen-bond acceptors (Lipinski definition) is 5. The Morgan fingerprint density at radius 3 is 2.35 bits per heavy atom. The summed E-state index contributed by atoms with van der Waals surface area (Å²) in [5, 5.41) is 7.94. The zero-order chi connectivity index (χ0) is 19.3. The van der Waals surface area contributed by atoms with Crippen LogP contribution in [0.2, 0.25) is 0 Å². The minimum atomic E-state index is -3.74. The van der Waals surface area contributed by atoms with Gasteiger partial charge in [-0.05, 0) is 49.7 Å². The van der Waals surface area contributed by atoms with Gasteiger partial charge in [-0.2, -0.15) is 0 Å². The van der Waals surface area contributed by atoms with Crippen molar-refractivity contribution in [1.29, 1.82) is 0 Å². The SMILES string of the molecule is CCOc1ccc(C(=O)NC(C)c2ccc(S(N)(=O)=O)cc2)cc1OC. The van der Waals surface area contributed by atoms with Crippen LogP contribution in [-0.4, -0.2) is 28.0 Å². The van der Waals surface area contributed by atoms with Crippen molar-refractivity contribution in [2.24, 2.45) is 5.14 Å². The number of methoxy groups -OCH3 is 1. The fourth-order valence-electron chi connectivity index (χ4n) is 2.39. The molecule has 3 N–H and O–H groups in total. The van der Waals surface area contributed by atoms with Crippen molar-refractivity contribution in [3.05, 3.63) is 53.6 Å². The third kappa shape index (κ3) is 4.74. The summed E-state index contributed by atoms with van der Waals surface area (Å²) in [6.45, 7) is 4.16. The van der Waals surface area contributed by atoms with Gasteiger partial charge < -0.3 is 14.8 Å². The monoisotopic (exact) mass is 378 g/mol. The highest BCUT2D eigenvalue weighted by atomic mass is 32.2. The molecule has 0 aromatic heterocycles. The smallest absolute Gasteiger partial charge is 0.251 e. The fraction of sp³-hybridized carbons (Fsp3) is 0.278. The lowest BCUT2D eigenvalue weighted by atomic mass is 10.1. The second-order valence-corrected chi connectivity index (χ2v) is 7.17. The number of nitrogens with two attached hydrogens (primary N) is 1. The summed E-state index contributed by atoms with van der Waals surface area (Å²) in [5.74, 6) is 0.761. The van der Waals surface area contributed by atoms with E-state index in [9.17, 15) is 13.2 Å². The second kappa shape index (κ2) is 8.20. The zero-order valence-corrected chi connectivity index (χ0v) is 15.7. The molecule has 0 fully saturated rings. The summed E-state index contributed by atoms with van der Waals surface area (Å²) < 4.78 is 33.3. The molecule has 2 aromatic rings. The van der Waals surface area contributed by atoms with Gasteiger partial charge in [0.05, 0.1) is 24.7 Å². The van der Waals surface area contributed by atoms with Crippen LogP contribution in [-0.2, 0) is 10.0 Å². The maximum absolute atomic E-state index is 12.5. The highest BCUT2D eigenvalue weighted by molar-refractivity contribution is 7.89. The number of carbonyl (C=O) groups excluding carboxylic acids is 1. The van der Waals surface area contributed by atoms with Crippen molar-refractivity contribution in [2.45, 2.75) is 24.8 Å². The number of benzene rings is 2. The number of carbonyl (C=O) groups is 1. The standard InChI is InChI=1S/C18H22N2O5S/c1-4-25-16-10-7-14(11-17(16)24-3)18(21)20-12(2)13-5-8-15(9-6-13)26(19,22)23/h5-12H,4H2,1-3H3,(H,20,21)(H2,19,22,23). The average molecular weight is 378 g/mol. The predicted molar refractivity (Wildman–Crippen MR) is 97.9 cm³/mol. The molecule has 2 rings (SSSR count). The van der Waals surface area contributed by atoms with Gasteiger partial charge >= 0.3 is 0 Å². The molecular formula is C18H22N2O5S. The number of hydrogen-bond donors (Lipinski definition) is 2. The molecule has 0 aliphatic carbocycles. The van der Waals surface area contributed by atoms with Gasteiger partial charge in [0.1, 0.15) is 0 Å². The van der Waals surface area contributed by atoms with E-state index < -0.39 is 10.0 Å². The minimum Gasteiger partial charge on any atom is -0.493 e. The van der Waals surface area contributed by atoms with Crippen LogP contribution in [0, 0.1) is 0 Å². The van der Waals surface area contributed by atoms with Crippen LogP contribution in [0.4, 0.5) is 0 Å². The number of sulfonamides is 1.